The lowest BCUT2D eigenvalue weighted by Crippen LogP contribution is -2.44. The molecule has 7 heteroatoms. The summed E-state index contributed by atoms with van der Waals surface area (Å²) in [5.74, 6) is -2.64. The zero-order chi connectivity index (χ0) is 14.0. The van der Waals surface area contributed by atoms with Gasteiger partial charge < -0.3 is 10.4 Å². The number of carboxylic acids is 1. The molecule has 1 amide bonds. The minimum atomic E-state index is -3.21. The van der Waals surface area contributed by atoms with E-state index in [4.69, 9.17) is 5.11 Å². The fraction of sp³-hybridized carbons (Fsp3) is 0.667. The van der Waals surface area contributed by atoms with Crippen molar-refractivity contribution < 1.29 is 23.1 Å². The van der Waals surface area contributed by atoms with Crippen molar-refractivity contribution >= 4 is 21.7 Å². The predicted octanol–water partition coefficient (Wildman–Crippen LogP) is 0.304. The molecule has 0 saturated heterocycles. The van der Waals surface area contributed by atoms with Gasteiger partial charge in [0.25, 0.3) is 0 Å². The highest BCUT2D eigenvalue weighted by Gasteiger charge is 2.36. The maximum absolute atomic E-state index is 12.1. The van der Waals surface area contributed by atoms with Gasteiger partial charge >= 0.3 is 5.97 Å². The normalized spacial score (nSPS) is 32.9. The van der Waals surface area contributed by atoms with Crippen molar-refractivity contribution in [1.29, 1.82) is 0 Å². The van der Waals surface area contributed by atoms with Crippen molar-refractivity contribution in [2.24, 2.45) is 11.8 Å². The second-order valence-corrected chi connectivity index (χ2v) is 7.04. The molecule has 0 spiro atoms. The lowest BCUT2D eigenvalue weighted by Gasteiger charge is -2.28. The van der Waals surface area contributed by atoms with Crippen molar-refractivity contribution in [3.05, 3.63) is 11.5 Å². The van der Waals surface area contributed by atoms with Gasteiger partial charge in [0.1, 0.15) is 0 Å². The van der Waals surface area contributed by atoms with E-state index in [2.05, 4.69) is 5.32 Å². The summed E-state index contributed by atoms with van der Waals surface area (Å²) < 4.78 is 22.5. The standard InChI is InChI=1S/C12H17NO5S/c14-11(13-8-5-6-19(17,18)7-8)9-3-1-2-4-10(9)12(15)16/h5-6,8-10H,1-4,7H2,(H,13,14)(H,15,16)/t8?,9-,10+/m1/s1. The van der Waals surface area contributed by atoms with E-state index in [-0.39, 0.29) is 11.7 Å². The first-order valence-electron chi connectivity index (χ1n) is 6.33. The van der Waals surface area contributed by atoms with Gasteiger partial charge in [0.05, 0.1) is 23.6 Å². The Morgan fingerprint density at radius 1 is 1.16 bits per heavy atom. The van der Waals surface area contributed by atoms with Gasteiger partial charge in [-0.15, -0.1) is 0 Å². The quantitative estimate of drug-likeness (QED) is 0.777. The number of rotatable bonds is 3. The summed E-state index contributed by atoms with van der Waals surface area (Å²) in [5, 5.41) is 12.8. The van der Waals surface area contributed by atoms with Gasteiger partial charge in [-0.1, -0.05) is 12.8 Å². The first-order valence-corrected chi connectivity index (χ1v) is 8.05. The molecule has 0 bridgehead atoms. The summed E-state index contributed by atoms with van der Waals surface area (Å²) in [6.45, 7) is 0. The van der Waals surface area contributed by atoms with Crippen LogP contribution in [0.15, 0.2) is 11.5 Å². The van der Waals surface area contributed by atoms with Crippen LogP contribution >= 0.6 is 0 Å². The fourth-order valence-corrected chi connectivity index (χ4v) is 3.93. The average molecular weight is 287 g/mol. The molecule has 1 saturated carbocycles. The number of hydrogen-bond donors (Lipinski definition) is 2. The van der Waals surface area contributed by atoms with Crippen LogP contribution < -0.4 is 5.32 Å². The van der Waals surface area contributed by atoms with Crippen LogP contribution in [0.4, 0.5) is 0 Å². The van der Waals surface area contributed by atoms with E-state index in [0.717, 1.165) is 18.2 Å². The highest BCUT2D eigenvalue weighted by Crippen LogP contribution is 2.30. The summed E-state index contributed by atoms with van der Waals surface area (Å²) >= 11 is 0. The number of aliphatic carboxylic acids is 1. The maximum atomic E-state index is 12.1. The summed E-state index contributed by atoms with van der Waals surface area (Å²) in [7, 11) is -3.21. The molecule has 0 aromatic heterocycles. The molecule has 0 radical (unpaired) electrons. The van der Waals surface area contributed by atoms with Crippen LogP contribution in [-0.4, -0.2) is 37.2 Å². The van der Waals surface area contributed by atoms with Crippen LogP contribution in [0, 0.1) is 11.8 Å². The number of carboxylic acid groups (broad SMARTS) is 1. The van der Waals surface area contributed by atoms with Gasteiger partial charge in [-0.25, -0.2) is 8.42 Å². The number of sulfone groups is 1. The minimum absolute atomic E-state index is 0.136. The molecule has 0 aromatic carbocycles. The van der Waals surface area contributed by atoms with Gasteiger partial charge in [0.2, 0.25) is 5.91 Å². The second-order valence-electron chi connectivity index (χ2n) is 5.11. The molecule has 3 atom stereocenters. The average Bonchev–Trinajstić information content (AvgIpc) is 2.68. The van der Waals surface area contributed by atoms with E-state index in [1.807, 2.05) is 0 Å². The van der Waals surface area contributed by atoms with Gasteiger partial charge in [-0.05, 0) is 18.9 Å². The summed E-state index contributed by atoms with van der Waals surface area (Å²) in [5.41, 5.74) is 0. The van der Waals surface area contributed by atoms with E-state index in [1.165, 1.54) is 6.08 Å². The largest absolute Gasteiger partial charge is 0.481 e. The van der Waals surface area contributed by atoms with Crippen molar-refractivity contribution in [3.8, 4) is 0 Å². The Morgan fingerprint density at radius 2 is 1.79 bits per heavy atom. The number of carbonyl (C=O) groups excluding carboxylic acids is 1. The SMILES string of the molecule is O=C(O)[C@H]1CCCC[C@H]1C(=O)NC1C=CS(=O)(=O)C1. The summed E-state index contributed by atoms with van der Waals surface area (Å²) in [6, 6.07) is -0.533. The molecule has 1 fully saturated rings. The molecule has 1 unspecified atom stereocenters. The Balaban J connectivity index is 1.99. The van der Waals surface area contributed by atoms with E-state index in [9.17, 15) is 18.0 Å². The smallest absolute Gasteiger partial charge is 0.307 e. The van der Waals surface area contributed by atoms with Gasteiger partial charge in [-0.2, -0.15) is 0 Å². The molecule has 106 valence electrons. The summed E-state index contributed by atoms with van der Waals surface area (Å²) in [6.07, 6.45) is 4.14. The van der Waals surface area contributed by atoms with Gasteiger partial charge in [0, 0.05) is 5.41 Å². The first-order chi connectivity index (χ1) is 8.89. The summed E-state index contributed by atoms with van der Waals surface area (Å²) in [4.78, 5) is 23.2. The number of nitrogens with one attached hydrogen (secondary N) is 1. The van der Waals surface area contributed by atoms with Crippen molar-refractivity contribution in [1.82, 2.24) is 5.32 Å². The van der Waals surface area contributed by atoms with Crippen LogP contribution in [0.25, 0.3) is 0 Å². The van der Waals surface area contributed by atoms with Crippen LogP contribution in [0.5, 0.6) is 0 Å². The van der Waals surface area contributed by atoms with E-state index >= 15 is 0 Å². The fourth-order valence-electron chi connectivity index (χ4n) is 2.70. The van der Waals surface area contributed by atoms with Crippen molar-refractivity contribution in [2.45, 2.75) is 31.7 Å². The molecule has 2 N–H and O–H groups in total. The predicted molar refractivity (Wildman–Crippen MR) is 67.9 cm³/mol. The maximum Gasteiger partial charge on any atom is 0.307 e. The van der Waals surface area contributed by atoms with Crippen molar-refractivity contribution in [3.63, 3.8) is 0 Å². The molecular formula is C12H17NO5S. The first kappa shape index (κ1) is 14.0. The van der Waals surface area contributed by atoms with Gasteiger partial charge in [-0.3, -0.25) is 9.59 Å². The monoisotopic (exact) mass is 287 g/mol. The second kappa shape index (κ2) is 5.32. The highest BCUT2D eigenvalue weighted by molar-refractivity contribution is 7.94. The molecular weight excluding hydrogens is 270 g/mol. The minimum Gasteiger partial charge on any atom is -0.481 e. The lowest BCUT2D eigenvalue weighted by atomic mass is 9.78. The Morgan fingerprint density at radius 3 is 2.32 bits per heavy atom. The Labute approximate surface area is 111 Å². The molecule has 2 rings (SSSR count). The number of carbonyl (C=O) groups is 2. The molecule has 1 aliphatic carbocycles. The molecule has 1 aliphatic heterocycles. The molecule has 2 aliphatic rings. The van der Waals surface area contributed by atoms with Crippen molar-refractivity contribution in [2.75, 3.05) is 5.75 Å². The third kappa shape index (κ3) is 3.34. The van der Waals surface area contributed by atoms with Crippen LogP contribution in [0.2, 0.25) is 0 Å². The number of hydrogen-bond acceptors (Lipinski definition) is 4. The zero-order valence-electron chi connectivity index (χ0n) is 10.4. The Bertz CT molecular complexity index is 510. The Kier molecular flexibility index (Phi) is 3.93. The van der Waals surface area contributed by atoms with E-state index in [1.54, 1.807) is 0 Å². The molecule has 1 heterocycles. The van der Waals surface area contributed by atoms with E-state index in [0.29, 0.717) is 12.8 Å². The third-order valence-corrected chi connectivity index (χ3v) is 5.07. The molecule has 0 aromatic rings. The van der Waals surface area contributed by atoms with Crippen LogP contribution in [-0.2, 0) is 19.4 Å². The molecule has 19 heavy (non-hydrogen) atoms. The van der Waals surface area contributed by atoms with E-state index < -0.39 is 33.7 Å². The highest BCUT2D eigenvalue weighted by atomic mass is 32.2. The van der Waals surface area contributed by atoms with Crippen LogP contribution in [0.3, 0.4) is 0 Å². The topological polar surface area (TPSA) is 101 Å². The molecule has 6 nitrogen and oxygen atoms in total. The zero-order valence-corrected chi connectivity index (χ0v) is 11.2. The lowest BCUT2D eigenvalue weighted by molar-refractivity contribution is -0.149. The van der Waals surface area contributed by atoms with Gasteiger partial charge in [0.15, 0.2) is 9.84 Å². The van der Waals surface area contributed by atoms with Crippen LogP contribution in [0.1, 0.15) is 25.7 Å². The third-order valence-electron chi connectivity index (χ3n) is 3.68. The number of amides is 1. The Hall–Kier alpha value is -1.37.